The minimum atomic E-state index is -0.297. The second-order valence-corrected chi connectivity index (χ2v) is 5.48. The summed E-state index contributed by atoms with van der Waals surface area (Å²) < 4.78 is 19.6. The first-order valence-electron chi connectivity index (χ1n) is 6.20. The number of aromatic nitrogens is 2. The van der Waals surface area contributed by atoms with Crippen molar-refractivity contribution < 1.29 is 8.91 Å². The Kier molecular flexibility index (Phi) is 3.47. The van der Waals surface area contributed by atoms with E-state index in [2.05, 4.69) is 26.1 Å². The van der Waals surface area contributed by atoms with E-state index in [0.717, 1.165) is 10.0 Å². The fraction of sp³-hybridized carbons (Fsp3) is 0.0667. The molecular weight excluding hydrogens is 337 g/mol. The van der Waals surface area contributed by atoms with Gasteiger partial charge in [0.25, 0.3) is 5.89 Å². The minimum Gasteiger partial charge on any atom is -0.398 e. The van der Waals surface area contributed by atoms with E-state index in [9.17, 15) is 4.39 Å². The minimum absolute atomic E-state index is 0.297. The lowest BCUT2D eigenvalue weighted by atomic mass is 10.1. The summed E-state index contributed by atoms with van der Waals surface area (Å²) in [7, 11) is 0. The second kappa shape index (κ2) is 5.29. The van der Waals surface area contributed by atoms with Gasteiger partial charge in [0.15, 0.2) is 0 Å². The van der Waals surface area contributed by atoms with Crippen LogP contribution in [0.15, 0.2) is 45.4 Å². The van der Waals surface area contributed by atoms with Crippen LogP contribution in [0.2, 0.25) is 0 Å². The SMILES string of the molecule is Cc1ccc(-c2noc(-c3ccc(N)c(Br)c3)n2)cc1F. The molecule has 106 valence electrons. The molecular formula is C15H11BrFN3O. The van der Waals surface area contributed by atoms with E-state index in [1.54, 1.807) is 37.3 Å². The van der Waals surface area contributed by atoms with E-state index in [-0.39, 0.29) is 5.82 Å². The third-order valence-electron chi connectivity index (χ3n) is 3.10. The first kappa shape index (κ1) is 13.8. The Morgan fingerprint density at radius 2 is 1.90 bits per heavy atom. The van der Waals surface area contributed by atoms with Crippen molar-refractivity contribution in [3.8, 4) is 22.8 Å². The van der Waals surface area contributed by atoms with Crippen LogP contribution in [-0.2, 0) is 0 Å². The summed E-state index contributed by atoms with van der Waals surface area (Å²) in [5.41, 5.74) is 8.25. The zero-order valence-electron chi connectivity index (χ0n) is 11.1. The number of anilines is 1. The smallest absolute Gasteiger partial charge is 0.258 e. The third-order valence-corrected chi connectivity index (χ3v) is 3.79. The van der Waals surface area contributed by atoms with Crippen LogP contribution in [0.1, 0.15) is 5.56 Å². The van der Waals surface area contributed by atoms with Crippen LogP contribution in [0.25, 0.3) is 22.8 Å². The predicted octanol–water partition coefficient (Wildman–Crippen LogP) is 4.20. The summed E-state index contributed by atoms with van der Waals surface area (Å²) >= 11 is 3.35. The van der Waals surface area contributed by atoms with Crippen LogP contribution in [0.3, 0.4) is 0 Å². The number of hydrogen-bond donors (Lipinski definition) is 1. The molecule has 3 aromatic rings. The summed E-state index contributed by atoms with van der Waals surface area (Å²) in [6.07, 6.45) is 0. The number of benzene rings is 2. The maximum Gasteiger partial charge on any atom is 0.258 e. The average Bonchev–Trinajstić information content (AvgIpc) is 2.94. The molecule has 6 heteroatoms. The quantitative estimate of drug-likeness (QED) is 0.705. The lowest BCUT2D eigenvalue weighted by Gasteiger charge is -1.99. The van der Waals surface area contributed by atoms with E-state index in [4.69, 9.17) is 10.3 Å². The number of hydrogen-bond acceptors (Lipinski definition) is 4. The predicted molar refractivity (Wildman–Crippen MR) is 82.0 cm³/mol. The number of halogens is 2. The molecule has 0 fully saturated rings. The van der Waals surface area contributed by atoms with Crippen LogP contribution in [0, 0.1) is 12.7 Å². The lowest BCUT2D eigenvalue weighted by molar-refractivity contribution is 0.432. The topological polar surface area (TPSA) is 64.9 Å². The fourth-order valence-corrected chi connectivity index (χ4v) is 2.23. The van der Waals surface area contributed by atoms with Crippen molar-refractivity contribution in [2.24, 2.45) is 0 Å². The van der Waals surface area contributed by atoms with Gasteiger partial charge in [-0.1, -0.05) is 17.3 Å². The van der Waals surface area contributed by atoms with Gasteiger partial charge in [0, 0.05) is 21.3 Å². The first-order valence-corrected chi connectivity index (χ1v) is 6.99. The van der Waals surface area contributed by atoms with Crippen LogP contribution >= 0.6 is 15.9 Å². The molecule has 0 saturated carbocycles. The first-order chi connectivity index (χ1) is 10.0. The highest BCUT2D eigenvalue weighted by molar-refractivity contribution is 9.10. The molecule has 2 aromatic carbocycles. The van der Waals surface area contributed by atoms with E-state index in [1.165, 1.54) is 6.07 Å². The lowest BCUT2D eigenvalue weighted by Crippen LogP contribution is -1.88. The fourth-order valence-electron chi connectivity index (χ4n) is 1.85. The van der Waals surface area contributed by atoms with Gasteiger partial charge in [0.05, 0.1) is 0 Å². The summed E-state index contributed by atoms with van der Waals surface area (Å²) in [4.78, 5) is 4.29. The number of aryl methyl sites for hydroxylation is 1. The molecule has 1 aromatic heterocycles. The highest BCUT2D eigenvalue weighted by Gasteiger charge is 2.12. The molecule has 21 heavy (non-hydrogen) atoms. The molecule has 0 unspecified atom stereocenters. The zero-order valence-corrected chi connectivity index (χ0v) is 12.7. The van der Waals surface area contributed by atoms with Crippen LogP contribution in [0.5, 0.6) is 0 Å². The molecule has 2 N–H and O–H groups in total. The highest BCUT2D eigenvalue weighted by atomic mass is 79.9. The normalized spacial score (nSPS) is 10.8. The van der Waals surface area contributed by atoms with Crippen LogP contribution < -0.4 is 5.73 Å². The van der Waals surface area contributed by atoms with Crippen LogP contribution in [0.4, 0.5) is 10.1 Å². The van der Waals surface area contributed by atoms with Crippen molar-refractivity contribution in [3.05, 3.63) is 52.3 Å². The van der Waals surface area contributed by atoms with Crippen LogP contribution in [-0.4, -0.2) is 10.1 Å². The van der Waals surface area contributed by atoms with E-state index in [0.29, 0.717) is 28.5 Å². The Morgan fingerprint density at radius 3 is 2.62 bits per heavy atom. The molecule has 0 saturated heterocycles. The van der Waals surface area contributed by atoms with Gasteiger partial charge < -0.3 is 10.3 Å². The average molecular weight is 348 g/mol. The zero-order chi connectivity index (χ0) is 15.0. The van der Waals surface area contributed by atoms with Gasteiger partial charge in [-0.25, -0.2) is 4.39 Å². The van der Waals surface area contributed by atoms with Crippen molar-refractivity contribution in [3.63, 3.8) is 0 Å². The maximum atomic E-state index is 13.6. The van der Waals surface area contributed by atoms with Crippen molar-refractivity contribution >= 4 is 21.6 Å². The number of rotatable bonds is 2. The Hall–Kier alpha value is -2.21. The van der Waals surface area contributed by atoms with Crippen molar-refractivity contribution in [2.45, 2.75) is 6.92 Å². The van der Waals surface area contributed by atoms with Crippen molar-refractivity contribution in [2.75, 3.05) is 5.73 Å². The molecule has 0 atom stereocenters. The Balaban J connectivity index is 1.99. The molecule has 0 bridgehead atoms. The Morgan fingerprint density at radius 1 is 1.14 bits per heavy atom. The molecule has 0 aliphatic heterocycles. The standard InChI is InChI=1S/C15H11BrFN3O/c1-8-2-3-9(7-12(8)17)14-19-15(21-20-14)10-4-5-13(18)11(16)6-10/h2-7H,18H2,1H3. The van der Waals surface area contributed by atoms with E-state index < -0.39 is 0 Å². The summed E-state index contributed by atoms with van der Waals surface area (Å²) in [5.74, 6) is 0.401. The van der Waals surface area contributed by atoms with Gasteiger partial charge >= 0.3 is 0 Å². The molecule has 4 nitrogen and oxygen atoms in total. The summed E-state index contributed by atoms with van der Waals surface area (Å²) in [6.45, 7) is 1.70. The molecule has 0 aliphatic carbocycles. The monoisotopic (exact) mass is 347 g/mol. The molecule has 3 rings (SSSR count). The molecule has 1 heterocycles. The number of nitrogens with two attached hydrogens (primary N) is 1. The van der Waals surface area contributed by atoms with Gasteiger partial charge in [-0.3, -0.25) is 0 Å². The van der Waals surface area contributed by atoms with Gasteiger partial charge in [-0.15, -0.1) is 0 Å². The van der Waals surface area contributed by atoms with Gasteiger partial charge in [-0.2, -0.15) is 4.98 Å². The highest BCUT2D eigenvalue weighted by Crippen LogP contribution is 2.28. The van der Waals surface area contributed by atoms with Crippen molar-refractivity contribution in [1.29, 1.82) is 0 Å². The van der Waals surface area contributed by atoms with Gasteiger partial charge in [0.1, 0.15) is 5.82 Å². The summed E-state index contributed by atoms with van der Waals surface area (Å²) in [5, 5.41) is 3.89. The Labute approximate surface area is 128 Å². The van der Waals surface area contributed by atoms with Gasteiger partial charge in [-0.05, 0) is 52.7 Å². The van der Waals surface area contributed by atoms with E-state index in [1.807, 2.05) is 0 Å². The van der Waals surface area contributed by atoms with Crippen molar-refractivity contribution in [1.82, 2.24) is 10.1 Å². The third kappa shape index (κ3) is 2.67. The molecule has 0 spiro atoms. The second-order valence-electron chi connectivity index (χ2n) is 4.62. The molecule has 0 radical (unpaired) electrons. The maximum absolute atomic E-state index is 13.6. The number of nitrogen functional groups attached to an aromatic ring is 1. The largest absolute Gasteiger partial charge is 0.398 e. The summed E-state index contributed by atoms with van der Waals surface area (Å²) in [6, 6.07) is 10.2. The molecule has 0 amide bonds. The van der Waals surface area contributed by atoms with Gasteiger partial charge in [0.2, 0.25) is 5.82 Å². The van der Waals surface area contributed by atoms with E-state index >= 15 is 0 Å². The Bertz CT molecular complexity index is 750. The molecule has 0 aliphatic rings. The number of nitrogens with zero attached hydrogens (tertiary/aromatic N) is 2.